The molecule has 0 saturated heterocycles. The van der Waals surface area contributed by atoms with E-state index in [1.807, 2.05) is 48.7 Å². The van der Waals surface area contributed by atoms with E-state index in [0.29, 0.717) is 5.02 Å². The van der Waals surface area contributed by atoms with Gasteiger partial charge in [-0.15, -0.1) is 0 Å². The van der Waals surface area contributed by atoms with Gasteiger partial charge in [-0.05, 0) is 59.0 Å². The average molecular weight is 451 g/mol. The summed E-state index contributed by atoms with van der Waals surface area (Å²) in [5.74, 6) is 0.816. The van der Waals surface area contributed by atoms with Crippen LogP contribution >= 0.6 is 11.6 Å². The highest BCUT2D eigenvalue weighted by Gasteiger charge is 2.14. The van der Waals surface area contributed by atoms with E-state index in [-0.39, 0.29) is 0 Å². The zero-order valence-corrected chi connectivity index (χ0v) is 19.0. The fraction of sp³-hybridized carbons (Fsp3) is 0.0690. The number of halogens is 1. The van der Waals surface area contributed by atoms with Gasteiger partial charge in [-0.2, -0.15) is 0 Å². The zero-order valence-electron chi connectivity index (χ0n) is 18.3. The minimum atomic E-state index is 0.658. The van der Waals surface area contributed by atoms with E-state index in [1.54, 1.807) is 7.11 Å². The molecule has 0 aliphatic heterocycles. The lowest BCUT2D eigenvalue weighted by Crippen LogP contribution is -1.97. The van der Waals surface area contributed by atoms with Gasteiger partial charge in [-0.1, -0.05) is 72.3 Å². The van der Waals surface area contributed by atoms with Crippen LogP contribution in [0.5, 0.6) is 5.75 Å². The molecule has 0 aliphatic carbocycles. The normalized spacial score (nSPS) is 10.8. The number of ether oxygens (including phenoxy) is 1. The van der Waals surface area contributed by atoms with Crippen LogP contribution in [0.15, 0.2) is 103 Å². The van der Waals surface area contributed by atoms with Crippen LogP contribution < -0.4 is 10.1 Å². The summed E-state index contributed by atoms with van der Waals surface area (Å²) in [6.07, 6.45) is 2.75. The maximum atomic E-state index is 6.51. The summed E-state index contributed by atoms with van der Waals surface area (Å²) in [6, 6.07) is 32.8. The fourth-order valence-corrected chi connectivity index (χ4v) is 4.36. The van der Waals surface area contributed by atoms with E-state index in [4.69, 9.17) is 21.3 Å². The van der Waals surface area contributed by atoms with Crippen molar-refractivity contribution in [1.29, 1.82) is 0 Å². The second kappa shape index (κ2) is 9.35. The molecule has 0 fully saturated rings. The average Bonchev–Trinajstić information content (AvgIpc) is 2.85. The van der Waals surface area contributed by atoms with Crippen LogP contribution in [0.25, 0.3) is 22.0 Å². The van der Waals surface area contributed by atoms with Crippen LogP contribution in [0.3, 0.4) is 0 Å². The third-order valence-corrected chi connectivity index (χ3v) is 5.98. The molecule has 0 saturated carbocycles. The molecule has 5 rings (SSSR count). The molecular weight excluding hydrogens is 428 g/mol. The SMILES string of the molecule is COc1cccc(Nc2cccc(-c3c(Cc4ccccc4)cnc4c(Cl)cccc34)c2)c1. The molecule has 0 spiro atoms. The largest absolute Gasteiger partial charge is 0.497 e. The predicted octanol–water partition coefficient (Wildman–Crippen LogP) is 7.90. The van der Waals surface area contributed by atoms with Crippen LogP contribution in [0.1, 0.15) is 11.1 Å². The van der Waals surface area contributed by atoms with Crippen molar-refractivity contribution < 1.29 is 4.74 Å². The van der Waals surface area contributed by atoms with E-state index >= 15 is 0 Å². The van der Waals surface area contributed by atoms with Crippen molar-refractivity contribution in [2.45, 2.75) is 6.42 Å². The van der Waals surface area contributed by atoms with Crippen LogP contribution in [-0.2, 0) is 6.42 Å². The molecular formula is C29H23ClN2O. The molecule has 4 heteroatoms. The summed E-state index contributed by atoms with van der Waals surface area (Å²) >= 11 is 6.51. The van der Waals surface area contributed by atoms with Gasteiger partial charge in [-0.25, -0.2) is 0 Å². The lowest BCUT2D eigenvalue weighted by molar-refractivity contribution is 0.415. The van der Waals surface area contributed by atoms with Gasteiger partial charge in [0.15, 0.2) is 0 Å². The van der Waals surface area contributed by atoms with Gasteiger partial charge >= 0.3 is 0 Å². The minimum absolute atomic E-state index is 0.658. The summed E-state index contributed by atoms with van der Waals surface area (Å²) in [5, 5.41) is 5.20. The Hall–Kier alpha value is -3.82. The van der Waals surface area contributed by atoms with Gasteiger partial charge in [0.05, 0.1) is 17.6 Å². The predicted molar refractivity (Wildman–Crippen MR) is 138 cm³/mol. The Morgan fingerprint density at radius 2 is 1.58 bits per heavy atom. The molecule has 162 valence electrons. The Balaban J connectivity index is 1.61. The summed E-state index contributed by atoms with van der Waals surface area (Å²) in [7, 11) is 1.67. The summed E-state index contributed by atoms with van der Waals surface area (Å²) in [6.45, 7) is 0. The number of aromatic nitrogens is 1. The number of pyridine rings is 1. The molecule has 0 atom stereocenters. The lowest BCUT2D eigenvalue weighted by Gasteiger charge is -2.15. The van der Waals surface area contributed by atoms with Crippen molar-refractivity contribution in [2.24, 2.45) is 0 Å². The Bertz CT molecular complexity index is 1420. The molecule has 0 amide bonds. The number of anilines is 2. The molecule has 1 heterocycles. The number of hydrogen-bond donors (Lipinski definition) is 1. The van der Waals surface area contributed by atoms with Gasteiger partial charge in [0.25, 0.3) is 0 Å². The van der Waals surface area contributed by atoms with Crippen molar-refractivity contribution in [3.63, 3.8) is 0 Å². The Labute approximate surface area is 198 Å². The number of rotatable bonds is 6. The monoisotopic (exact) mass is 450 g/mol. The molecule has 5 aromatic rings. The van der Waals surface area contributed by atoms with E-state index in [0.717, 1.165) is 51.1 Å². The number of nitrogens with one attached hydrogen (secondary N) is 1. The minimum Gasteiger partial charge on any atom is -0.497 e. The van der Waals surface area contributed by atoms with Crippen molar-refractivity contribution in [2.75, 3.05) is 12.4 Å². The molecule has 3 nitrogen and oxygen atoms in total. The Morgan fingerprint density at radius 3 is 2.39 bits per heavy atom. The molecule has 1 aromatic heterocycles. The van der Waals surface area contributed by atoms with Crippen molar-refractivity contribution >= 4 is 33.9 Å². The van der Waals surface area contributed by atoms with Gasteiger partial charge < -0.3 is 10.1 Å². The van der Waals surface area contributed by atoms with Gasteiger partial charge in [-0.3, -0.25) is 4.98 Å². The van der Waals surface area contributed by atoms with E-state index in [9.17, 15) is 0 Å². The third-order valence-electron chi connectivity index (χ3n) is 5.67. The molecule has 0 aliphatic rings. The van der Waals surface area contributed by atoms with Crippen LogP contribution in [-0.4, -0.2) is 12.1 Å². The highest BCUT2D eigenvalue weighted by molar-refractivity contribution is 6.35. The zero-order chi connectivity index (χ0) is 22.6. The molecule has 33 heavy (non-hydrogen) atoms. The molecule has 0 unspecified atom stereocenters. The number of para-hydroxylation sites is 1. The number of benzene rings is 4. The first-order valence-corrected chi connectivity index (χ1v) is 11.2. The number of nitrogens with zero attached hydrogens (tertiary/aromatic N) is 1. The third kappa shape index (κ3) is 4.55. The molecule has 0 radical (unpaired) electrons. The maximum absolute atomic E-state index is 6.51. The fourth-order valence-electron chi connectivity index (χ4n) is 4.14. The first-order valence-electron chi connectivity index (χ1n) is 10.8. The van der Waals surface area contributed by atoms with Gasteiger partial charge in [0.1, 0.15) is 5.75 Å². The number of fused-ring (bicyclic) bond motifs is 1. The summed E-state index contributed by atoms with van der Waals surface area (Å²) < 4.78 is 5.36. The number of methoxy groups -OCH3 is 1. The van der Waals surface area contributed by atoms with Crippen LogP contribution in [0.4, 0.5) is 11.4 Å². The molecule has 4 aromatic carbocycles. The van der Waals surface area contributed by atoms with Crippen molar-refractivity contribution in [3.8, 4) is 16.9 Å². The second-order valence-electron chi connectivity index (χ2n) is 7.89. The topological polar surface area (TPSA) is 34.1 Å². The first-order chi connectivity index (χ1) is 16.2. The smallest absolute Gasteiger partial charge is 0.120 e. The van der Waals surface area contributed by atoms with Crippen molar-refractivity contribution in [1.82, 2.24) is 4.98 Å². The standard InChI is InChI=1S/C29H23ClN2O/c1-33-25-13-6-12-24(18-25)32-23-11-5-10-21(17-23)28-22(16-20-8-3-2-4-9-20)19-31-29-26(28)14-7-15-27(29)30/h2-15,17-19,32H,16H2,1H3. The van der Waals surface area contributed by atoms with Crippen LogP contribution in [0.2, 0.25) is 5.02 Å². The van der Waals surface area contributed by atoms with Crippen molar-refractivity contribution in [3.05, 3.63) is 119 Å². The first kappa shape index (κ1) is 21.0. The highest BCUT2D eigenvalue weighted by atomic mass is 35.5. The number of hydrogen-bond acceptors (Lipinski definition) is 3. The quantitative estimate of drug-likeness (QED) is 0.285. The van der Waals surface area contributed by atoms with Crippen LogP contribution in [0, 0.1) is 0 Å². The van der Waals surface area contributed by atoms with Gasteiger partial charge in [0.2, 0.25) is 0 Å². The van der Waals surface area contributed by atoms with E-state index in [1.165, 1.54) is 5.56 Å². The van der Waals surface area contributed by atoms with E-state index < -0.39 is 0 Å². The summed E-state index contributed by atoms with van der Waals surface area (Å²) in [5.41, 5.74) is 7.46. The lowest BCUT2D eigenvalue weighted by atomic mass is 9.92. The Morgan fingerprint density at radius 1 is 0.818 bits per heavy atom. The van der Waals surface area contributed by atoms with Gasteiger partial charge in [0, 0.05) is 29.0 Å². The highest BCUT2D eigenvalue weighted by Crippen LogP contribution is 2.36. The maximum Gasteiger partial charge on any atom is 0.120 e. The molecule has 1 N–H and O–H groups in total. The second-order valence-corrected chi connectivity index (χ2v) is 8.30. The summed E-state index contributed by atoms with van der Waals surface area (Å²) in [4.78, 5) is 4.71. The van der Waals surface area contributed by atoms with E-state index in [2.05, 4.69) is 59.9 Å². The Kier molecular flexibility index (Phi) is 5.97. The molecule has 0 bridgehead atoms.